The van der Waals surface area contributed by atoms with Crippen LogP contribution < -0.4 is 15.1 Å². The van der Waals surface area contributed by atoms with Gasteiger partial charge in [0.05, 0.1) is 26.3 Å². The second-order valence-electron chi connectivity index (χ2n) is 23.3. The summed E-state index contributed by atoms with van der Waals surface area (Å²) in [4.78, 5) is 2.78. The molecule has 1 saturated carbocycles. The van der Waals surface area contributed by atoms with Crippen LogP contribution in [0, 0.1) is 46.8 Å². The average molecular weight is 833 g/mol. The third kappa shape index (κ3) is 6.85. The standard InChI is InChI=1S/C56H74N3OSi/c1-34(2)29-40-31-48-46-30-39(37-19-17-35(3)18-20-37)21-22-42(46)36(4)56(8,59(48)33-50(40)61(9,10)11)53-45-24-23-43-44-25-26-47(38-15-13-12-14-16-38)57-54(44)60-52(43)51(45)49-32-41(55(5,6)7)27-28-58(49)53/h12-16,21-28,31-37,39,43-44,47,49,52-54,57H,17-20,29-30H2,1-11H3/q+1. The molecule has 10 unspecified atom stereocenters. The van der Waals surface area contributed by atoms with Gasteiger partial charge in [-0.05, 0) is 94.3 Å². The molecule has 0 amide bonds. The van der Waals surface area contributed by atoms with Crippen molar-refractivity contribution < 1.29 is 9.30 Å². The quantitative estimate of drug-likeness (QED) is 0.179. The molecule has 322 valence electrons. The summed E-state index contributed by atoms with van der Waals surface area (Å²) in [7, 11) is -1.73. The summed E-state index contributed by atoms with van der Waals surface area (Å²) in [6, 6.07) is 14.0. The van der Waals surface area contributed by atoms with Gasteiger partial charge < -0.3 is 9.64 Å². The van der Waals surface area contributed by atoms with Crippen LogP contribution in [0.3, 0.4) is 0 Å². The Balaban J connectivity index is 1.12. The van der Waals surface area contributed by atoms with Gasteiger partial charge in [-0.15, -0.1) is 0 Å². The van der Waals surface area contributed by atoms with Gasteiger partial charge in [0.1, 0.15) is 12.3 Å². The number of nitrogens with one attached hydrogen (secondary N) is 1. The van der Waals surface area contributed by atoms with E-state index in [0.717, 1.165) is 18.3 Å². The fourth-order valence-electron chi connectivity index (χ4n) is 13.2. The van der Waals surface area contributed by atoms with Crippen LogP contribution in [0.2, 0.25) is 19.6 Å². The van der Waals surface area contributed by atoms with Crippen LogP contribution in [0.15, 0.2) is 120 Å². The van der Waals surface area contributed by atoms with Gasteiger partial charge >= 0.3 is 0 Å². The number of nitrogens with zero attached hydrogens (tertiary/aromatic N) is 2. The van der Waals surface area contributed by atoms with Gasteiger partial charge in [-0.2, -0.15) is 4.57 Å². The number of rotatable bonds is 6. The fraction of sp³-hybridized carbons (Fsp3) is 0.554. The van der Waals surface area contributed by atoms with Crippen molar-refractivity contribution in [2.45, 2.75) is 150 Å². The Labute approximate surface area is 369 Å². The summed E-state index contributed by atoms with van der Waals surface area (Å²) in [5.74, 6) is 3.81. The van der Waals surface area contributed by atoms with E-state index >= 15 is 0 Å². The highest BCUT2D eigenvalue weighted by molar-refractivity contribution is 6.89. The number of hydrogen-bond acceptors (Lipinski definition) is 3. The highest BCUT2D eigenvalue weighted by Gasteiger charge is 2.63. The van der Waals surface area contributed by atoms with Gasteiger partial charge in [0.25, 0.3) is 0 Å². The first-order chi connectivity index (χ1) is 29.0. The normalized spacial score (nSPS) is 36.4. The predicted molar refractivity (Wildman–Crippen MR) is 256 cm³/mol. The van der Waals surface area contributed by atoms with E-state index in [0.29, 0.717) is 29.6 Å². The molecule has 0 spiro atoms. The summed E-state index contributed by atoms with van der Waals surface area (Å²) in [5.41, 5.74) is 11.8. The molecule has 6 heterocycles. The van der Waals surface area contributed by atoms with Crippen LogP contribution in [0.1, 0.15) is 110 Å². The molecule has 1 saturated heterocycles. The minimum atomic E-state index is -1.73. The first-order valence-electron chi connectivity index (χ1n) is 24.3. The SMILES string of the molecule is CC(C)Cc1cc2[n+](cc1[Si](C)(C)C)C(C)(C1C3=C(C4OC5NC(c6ccccc6)C=CC5C4C=C3)C3C=C(C(C)(C)C)C=CN31)C(C)C1=C2CC(C2CCC(C)CC2)C=C1. The van der Waals surface area contributed by atoms with E-state index in [2.05, 4.69) is 187 Å². The lowest BCUT2D eigenvalue weighted by atomic mass is 9.64. The van der Waals surface area contributed by atoms with E-state index in [1.54, 1.807) is 21.9 Å². The summed E-state index contributed by atoms with van der Waals surface area (Å²) >= 11 is 0. The largest absolute Gasteiger partial charge is 0.354 e. The van der Waals surface area contributed by atoms with Crippen molar-refractivity contribution in [3.8, 4) is 0 Å². The Morgan fingerprint density at radius 3 is 2.36 bits per heavy atom. The zero-order chi connectivity index (χ0) is 42.7. The van der Waals surface area contributed by atoms with E-state index in [1.165, 1.54) is 60.1 Å². The zero-order valence-electron chi connectivity index (χ0n) is 39.2. The van der Waals surface area contributed by atoms with Gasteiger partial charge in [0.2, 0.25) is 5.69 Å². The van der Waals surface area contributed by atoms with E-state index in [4.69, 9.17) is 4.74 Å². The topological polar surface area (TPSA) is 28.4 Å². The van der Waals surface area contributed by atoms with Crippen molar-refractivity contribution in [2.75, 3.05) is 0 Å². The number of pyridine rings is 1. The van der Waals surface area contributed by atoms with E-state index in [-0.39, 0.29) is 41.4 Å². The summed E-state index contributed by atoms with van der Waals surface area (Å²) in [6.07, 6.45) is 33.4. The highest BCUT2D eigenvalue weighted by atomic mass is 28.3. The molecular weight excluding hydrogens is 759 g/mol. The Hall–Kier alpha value is -3.51. The maximum atomic E-state index is 7.37. The lowest BCUT2D eigenvalue weighted by Crippen LogP contribution is -2.72. The molecule has 0 bridgehead atoms. The van der Waals surface area contributed by atoms with Gasteiger partial charge in [-0.25, -0.2) is 0 Å². The zero-order valence-corrected chi connectivity index (χ0v) is 40.2. The third-order valence-corrected chi connectivity index (χ3v) is 18.8. The molecular formula is C56H74N3OSi+. The second kappa shape index (κ2) is 15.1. The number of hydrogen-bond donors (Lipinski definition) is 1. The summed E-state index contributed by atoms with van der Waals surface area (Å²) in [5, 5.41) is 5.59. The highest BCUT2D eigenvalue weighted by Crippen LogP contribution is 2.56. The molecule has 2 aromatic rings. The van der Waals surface area contributed by atoms with Crippen LogP contribution in [0.4, 0.5) is 0 Å². The fourth-order valence-corrected chi connectivity index (χ4v) is 14.9. The number of benzene rings is 1. The van der Waals surface area contributed by atoms with Crippen molar-refractivity contribution in [3.63, 3.8) is 0 Å². The summed E-state index contributed by atoms with van der Waals surface area (Å²) < 4.78 is 10.3. The van der Waals surface area contributed by atoms with Crippen LogP contribution in [-0.4, -0.2) is 37.4 Å². The Morgan fingerprint density at radius 2 is 1.66 bits per heavy atom. The first-order valence-corrected chi connectivity index (χ1v) is 27.8. The predicted octanol–water partition coefficient (Wildman–Crippen LogP) is 11.5. The van der Waals surface area contributed by atoms with Crippen molar-refractivity contribution in [1.29, 1.82) is 0 Å². The average Bonchev–Trinajstić information content (AvgIpc) is 3.77. The molecule has 4 nitrogen and oxygen atoms in total. The third-order valence-electron chi connectivity index (χ3n) is 16.8. The molecule has 8 aliphatic rings. The number of fused-ring (bicyclic) bond motifs is 8. The Morgan fingerprint density at radius 1 is 0.918 bits per heavy atom. The molecule has 10 atom stereocenters. The van der Waals surface area contributed by atoms with Crippen molar-refractivity contribution >= 4 is 18.8 Å². The maximum absolute atomic E-state index is 7.37. The molecule has 1 aromatic carbocycles. The van der Waals surface area contributed by atoms with E-state index < -0.39 is 8.07 Å². The minimum Gasteiger partial charge on any atom is -0.354 e. The lowest BCUT2D eigenvalue weighted by molar-refractivity contribution is -0.774. The van der Waals surface area contributed by atoms with Crippen LogP contribution in [-0.2, 0) is 16.7 Å². The number of ether oxygens (including phenoxy) is 1. The molecule has 61 heavy (non-hydrogen) atoms. The molecule has 5 aliphatic heterocycles. The van der Waals surface area contributed by atoms with E-state index in [9.17, 15) is 0 Å². The molecule has 1 aromatic heterocycles. The van der Waals surface area contributed by atoms with Gasteiger partial charge in [0, 0.05) is 47.7 Å². The first kappa shape index (κ1) is 41.5. The monoisotopic (exact) mass is 833 g/mol. The molecule has 10 rings (SSSR count). The molecule has 2 fully saturated rings. The molecule has 1 N–H and O–H groups in total. The van der Waals surface area contributed by atoms with Gasteiger partial charge in [0.15, 0.2) is 11.7 Å². The second-order valence-corrected chi connectivity index (χ2v) is 28.3. The van der Waals surface area contributed by atoms with Crippen molar-refractivity contribution in [3.05, 3.63) is 137 Å². The van der Waals surface area contributed by atoms with Crippen LogP contribution in [0.5, 0.6) is 0 Å². The van der Waals surface area contributed by atoms with Crippen LogP contribution >= 0.6 is 0 Å². The number of aromatic nitrogens is 1. The van der Waals surface area contributed by atoms with Crippen LogP contribution in [0.25, 0.3) is 5.57 Å². The molecule has 3 aliphatic carbocycles. The van der Waals surface area contributed by atoms with Crippen molar-refractivity contribution in [2.24, 2.45) is 46.8 Å². The Bertz CT molecular complexity index is 2290. The number of allylic oxidation sites excluding steroid dienone is 6. The minimum absolute atomic E-state index is 0.0180. The van der Waals surface area contributed by atoms with Gasteiger partial charge in [-0.3, -0.25) is 5.32 Å². The van der Waals surface area contributed by atoms with E-state index in [1.807, 2.05) is 0 Å². The Kier molecular flexibility index (Phi) is 10.2. The molecule has 5 heteroatoms. The van der Waals surface area contributed by atoms with Gasteiger partial charge in [-0.1, -0.05) is 154 Å². The maximum Gasteiger partial charge on any atom is 0.209 e. The van der Waals surface area contributed by atoms with Crippen molar-refractivity contribution in [1.82, 2.24) is 10.2 Å². The molecule has 0 radical (unpaired) electrons. The summed E-state index contributed by atoms with van der Waals surface area (Å²) in [6.45, 7) is 27.3. The smallest absolute Gasteiger partial charge is 0.209 e. The lowest BCUT2D eigenvalue weighted by Gasteiger charge is -2.47.